The summed E-state index contributed by atoms with van der Waals surface area (Å²) in [5.74, 6) is 0.826. The van der Waals surface area contributed by atoms with Gasteiger partial charge in [-0.25, -0.2) is 0 Å². The van der Waals surface area contributed by atoms with Crippen molar-refractivity contribution < 1.29 is 24.1 Å². The Morgan fingerprint density at radius 2 is 1.85 bits per heavy atom. The van der Waals surface area contributed by atoms with E-state index in [4.69, 9.17) is 14.2 Å². The molecule has 3 aliphatic rings. The number of ether oxygens (including phenoxy) is 3. The molecule has 3 aliphatic heterocycles. The maximum absolute atomic E-state index is 12.8. The van der Waals surface area contributed by atoms with Gasteiger partial charge in [0.25, 0.3) is 0 Å². The number of carbonyl (C=O) groups excluding carboxylic acids is 1. The first-order chi connectivity index (χ1) is 12.5. The number of aliphatic hydroxyl groups is 1. The number of benzene rings is 2. The molecule has 5 nitrogen and oxygen atoms in total. The fourth-order valence-corrected chi connectivity index (χ4v) is 4.20. The normalized spacial score (nSPS) is 30.8. The molecule has 0 amide bonds. The Bertz CT molecular complexity index is 889. The molecule has 1 fully saturated rings. The van der Waals surface area contributed by atoms with Crippen molar-refractivity contribution >= 4 is 5.78 Å². The van der Waals surface area contributed by atoms with Crippen LogP contribution in [0.4, 0.5) is 0 Å². The Morgan fingerprint density at radius 1 is 1.08 bits per heavy atom. The minimum Gasteiger partial charge on any atom is -0.484 e. The molecule has 0 aromatic heterocycles. The van der Waals surface area contributed by atoms with Crippen molar-refractivity contribution in [3.63, 3.8) is 0 Å². The number of fused-ring (bicyclic) bond motifs is 5. The van der Waals surface area contributed by atoms with Gasteiger partial charge in [-0.3, -0.25) is 4.79 Å². The van der Waals surface area contributed by atoms with Gasteiger partial charge < -0.3 is 19.3 Å². The predicted octanol–water partition coefficient (Wildman–Crippen LogP) is 3.36. The van der Waals surface area contributed by atoms with Crippen LogP contribution in [0.15, 0.2) is 42.5 Å². The first-order valence-electron chi connectivity index (χ1n) is 8.90. The van der Waals surface area contributed by atoms with E-state index in [-0.39, 0.29) is 17.8 Å². The summed E-state index contributed by atoms with van der Waals surface area (Å²) in [5, 5.41) is 10.8. The van der Waals surface area contributed by atoms with Crippen LogP contribution >= 0.6 is 0 Å². The van der Waals surface area contributed by atoms with Crippen LogP contribution in [0.2, 0.25) is 0 Å². The summed E-state index contributed by atoms with van der Waals surface area (Å²) >= 11 is 0. The molecule has 0 aliphatic carbocycles. The van der Waals surface area contributed by atoms with Crippen LogP contribution < -0.4 is 9.47 Å². The topological polar surface area (TPSA) is 65.0 Å². The molecule has 5 rings (SSSR count). The van der Waals surface area contributed by atoms with Crippen LogP contribution in [-0.2, 0) is 4.74 Å². The van der Waals surface area contributed by atoms with Crippen molar-refractivity contribution in [1.29, 1.82) is 0 Å². The highest BCUT2D eigenvalue weighted by molar-refractivity contribution is 6.01. The van der Waals surface area contributed by atoms with Crippen molar-refractivity contribution in [2.45, 2.75) is 50.3 Å². The summed E-state index contributed by atoms with van der Waals surface area (Å²) in [5.41, 5.74) is 1.55. The molecule has 134 valence electrons. The van der Waals surface area contributed by atoms with E-state index in [1.807, 2.05) is 44.2 Å². The lowest BCUT2D eigenvalue weighted by molar-refractivity contribution is -0.118. The van der Waals surface area contributed by atoms with Gasteiger partial charge in [0, 0.05) is 5.56 Å². The lowest BCUT2D eigenvalue weighted by Gasteiger charge is -2.29. The summed E-state index contributed by atoms with van der Waals surface area (Å²) in [6.07, 6.45) is -1.34. The second-order valence-electron chi connectivity index (χ2n) is 7.68. The number of ketones is 1. The number of rotatable bonds is 1. The molecule has 3 heterocycles. The highest BCUT2D eigenvalue weighted by Crippen LogP contribution is 2.55. The maximum Gasteiger partial charge on any atom is 0.210 e. The van der Waals surface area contributed by atoms with E-state index < -0.39 is 18.0 Å². The van der Waals surface area contributed by atoms with Gasteiger partial charge >= 0.3 is 0 Å². The highest BCUT2D eigenvalue weighted by atomic mass is 16.7. The predicted molar refractivity (Wildman–Crippen MR) is 93.5 cm³/mol. The molecule has 0 spiro atoms. The van der Waals surface area contributed by atoms with E-state index in [1.165, 1.54) is 0 Å². The van der Waals surface area contributed by atoms with Gasteiger partial charge in [0.05, 0.1) is 29.6 Å². The summed E-state index contributed by atoms with van der Waals surface area (Å²) in [4.78, 5) is 12.8. The Balaban J connectivity index is 1.61. The van der Waals surface area contributed by atoms with Crippen molar-refractivity contribution in [2.24, 2.45) is 0 Å². The van der Waals surface area contributed by atoms with Gasteiger partial charge in [-0.15, -0.1) is 0 Å². The van der Waals surface area contributed by atoms with Crippen LogP contribution in [0.5, 0.6) is 11.5 Å². The van der Waals surface area contributed by atoms with Crippen LogP contribution in [0, 0.1) is 0 Å². The molecule has 4 unspecified atom stereocenters. The SMILES string of the molecule is CC1(C)OC2Oc3ccc4c(c3C2C1O)OC(c1ccccc1)CC4=O. The first-order valence-corrected chi connectivity index (χ1v) is 8.90. The zero-order valence-electron chi connectivity index (χ0n) is 14.6. The van der Waals surface area contributed by atoms with E-state index in [0.29, 0.717) is 23.5 Å². The molecule has 1 saturated heterocycles. The van der Waals surface area contributed by atoms with E-state index >= 15 is 0 Å². The molecule has 2 aromatic rings. The average Bonchev–Trinajstić information content (AvgIpc) is 3.08. The molecule has 0 saturated carbocycles. The fourth-order valence-electron chi connectivity index (χ4n) is 4.20. The van der Waals surface area contributed by atoms with Gasteiger partial charge in [0.1, 0.15) is 17.6 Å². The number of aliphatic hydroxyl groups excluding tert-OH is 1. The number of Topliss-reactive ketones (excluding diaryl/α,β-unsaturated/α-hetero) is 1. The number of hydrogen-bond donors (Lipinski definition) is 1. The third kappa shape index (κ3) is 2.14. The smallest absolute Gasteiger partial charge is 0.210 e. The van der Waals surface area contributed by atoms with Crippen LogP contribution in [-0.4, -0.2) is 28.9 Å². The summed E-state index contributed by atoms with van der Waals surface area (Å²) < 4.78 is 18.1. The average molecular weight is 352 g/mol. The van der Waals surface area contributed by atoms with Gasteiger partial charge in [-0.2, -0.15) is 0 Å². The molecule has 5 heteroatoms. The van der Waals surface area contributed by atoms with Crippen LogP contribution in [0.25, 0.3) is 0 Å². The lowest BCUT2D eigenvalue weighted by atomic mass is 9.85. The summed E-state index contributed by atoms with van der Waals surface area (Å²) in [7, 11) is 0. The molecule has 1 N–H and O–H groups in total. The van der Waals surface area contributed by atoms with Gasteiger partial charge in [-0.05, 0) is 31.5 Å². The third-order valence-electron chi connectivity index (χ3n) is 5.60. The molecule has 0 radical (unpaired) electrons. The van der Waals surface area contributed by atoms with E-state index in [9.17, 15) is 9.90 Å². The van der Waals surface area contributed by atoms with Gasteiger partial charge in [0.2, 0.25) is 6.29 Å². The Morgan fingerprint density at radius 3 is 2.62 bits per heavy atom. The lowest BCUT2D eigenvalue weighted by Crippen LogP contribution is -2.34. The van der Waals surface area contributed by atoms with Crippen molar-refractivity contribution in [1.82, 2.24) is 0 Å². The van der Waals surface area contributed by atoms with Gasteiger partial charge in [0.15, 0.2) is 5.78 Å². The largest absolute Gasteiger partial charge is 0.484 e. The van der Waals surface area contributed by atoms with E-state index in [0.717, 1.165) is 11.1 Å². The minimum atomic E-state index is -0.740. The highest BCUT2D eigenvalue weighted by Gasteiger charge is 2.56. The molecular weight excluding hydrogens is 332 g/mol. The van der Waals surface area contributed by atoms with Crippen molar-refractivity contribution in [2.75, 3.05) is 0 Å². The minimum absolute atomic E-state index is 0.0408. The number of hydrogen-bond acceptors (Lipinski definition) is 5. The van der Waals surface area contributed by atoms with E-state index in [1.54, 1.807) is 12.1 Å². The van der Waals surface area contributed by atoms with E-state index in [2.05, 4.69) is 0 Å². The first kappa shape index (κ1) is 15.9. The Kier molecular flexibility index (Phi) is 3.24. The molecule has 2 aromatic carbocycles. The fraction of sp³-hybridized carbons (Fsp3) is 0.381. The maximum atomic E-state index is 12.8. The molecule has 26 heavy (non-hydrogen) atoms. The standard InChI is InChI=1S/C21H20O5/c1-21(2)19(23)17-16-14(25-20(17)26-21)9-8-12-13(22)10-15(24-18(12)16)11-6-4-3-5-7-11/h3-9,15,17,19-20,23H,10H2,1-2H3. The van der Waals surface area contributed by atoms with Crippen molar-refractivity contribution in [3.8, 4) is 11.5 Å². The Hall–Kier alpha value is -2.37. The third-order valence-corrected chi connectivity index (χ3v) is 5.60. The van der Waals surface area contributed by atoms with Gasteiger partial charge in [-0.1, -0.05) is 30.3 Å². The molecular formula is C21H20O5. The quantitative estimate of drug-likeness (QED) is 0.852. The van der Waals surface area contributed by atoms with Crippen molar-refractivity contribution in [3.05, 3.63) is 59.2 Å². The second kappa shape index (κ2) is 5.32. The summed E-state index contributed by atoms with van der Waals surface area (Å²) in [6.45, 7) is 3.68. The zero-order valence-corrected chi connectivity index (χ0v) is 14.6. The molecule has 4 atom stereocenters. The monoisotopic (exact) mass is 352 g/mol. The molecule has 0 bridgehead atoms. The summed E-state index contributed by atoms with van der Waals surface area (Å²) in [6, 6.07) is 13.3. The van der Waals surface area contributed by atoms with Crippen LogP contribution in [0.3, 0.4) is 0 Å². The van der Waals surface area contributed by atoms with Crippen LogP contribution in [0.1, 0.15) is 53.8 Å². The Labute approximate surface area is 151 Å². The zero-order chi connectivity index (χ0) is 18.1. The number of carbonyl (C=O) groups is 1. The second-order valence-corrected chi connectivity index (χ2v) is 7.68.